The Morgan fingerprint density at radius 2 is 1.80 bits per heavy atom. The van der Waals surface area contributed by atoms with E-state index in [1.807, 2.05) is 0 Å². The summed E-state index contributed by atoms with van der Waals surface area (Å²) in [4.78, 5) is 19.8. The molecule has 10 heteroatoms. The smallest absolute Gasteiger partial charge is 0.251 e. The fraction of sp³-hybridized carbons (Fsp3) is 0.100. The topological polar surface area (TPSA) is 149 Å². The summed E-state index contributed by atoms with van der Waals surface area (Å²) >= 11 is 0. The van der Waals surface area contributed by atoms with E-state index in [1.54, 1.807) is 42.5 Å². The van der Waals surface area contributed by atoms with Crippen molar-refractivity contribution < 1.29 is 14.3 Å². The number of anilines is 3. The number of aliphatic hydroxyl groups is 1. The highest BCUT2D eigenvalue weighted by Gasteiger charge is 2.16. The Balaban J connectivity index is 1.89. The number of rotatable bonds is 8. The maximum atomic E-state index is 13.9. The maximum absolute atomic E-state index is 13.9. The number of carbonyl (C=O) groups excluding carboxylic acids is 1. The quantitative estimate of drug-likeness (QED) is 0.189. The van der Waals surface area contributed by atoms with Gasteiger partial charge in [-0.3, -0.25) is 10.2 Å². The van der Waals surface area contributed by atoms with Crippen molar-refractivity contribution in [2.24, 2.45) is 5.84 Å². The molecular formula is C20H20FN7O2. The SMILES string of the molecule is N=C(c1nc(NN)cc(NC(=O)CO)n1)c1ccccc1NCc1ccccc1F. The average molecular weight is 409 g/mol. The van der Waals surface area contributed by atoms with Gasteiger partial charge in [-0.1, -0.05) is 36.4 Å². The molecule has 0 atom stereocenters. The van der Waals surface area contributed by atoms with Crippen molar-refractivity contribution in [1.82, 2.24) is 9.97 Å². The summed E-state index contributed by atoms with van der Waals surface area (Å²) < 4.78 is 13.9. The molecule has 0 saturated carbocycles. The monoisotopic (exact) mass is 409 g/mol. The molecule has 2 aromatic carbocycles. The fourth-order valence-corrected chi connectivity index (χ4v) is 2.69. The predicted octanol–water partition coefficient (Wildman–Crippen LogP) is 1.86. The van der Waals surface area contributed by atoms with Crippen LogP contribution in [0.1, 0.15) is 17.0 Å². The lowest BCUT2D eigenvalue weighted by Crippen LogP contribution is -2.20. The second-order valence-corrected chi connectivity index (χ2v) is 6.18. The molecular weight excluding hydrogens is 389 g/mol. The molecule has 1 amide bonds. The Morgan fingerprint density at radius 1 is 1.10 bits per heavy atom. The molecule has 9 nitrogen and oxygen atoms in total. The van der Waals surface area contributed by atoms with Crippen molar-refractivity contribution in [3.8, 4) is 0 Å². The van der Waals surface area contributed by atoms with Crippen molar-refractivity contribution in [2.75, 3.05) is 22.7 Å². The number of benzene rings is 2. The highest BCUT2D eigenvalue weighted by Crippen LogP contribution is 2.21. The minimum atomic E-state index is -0.717. The van der Waals surface area contributed by atoms with Gasteiger partial charge in [0.1, 0.15) is 29.8 Å². The van der Waals surface area contributed by atoms with E-state index in [2.05, 4.69) is 26.0 Å². The molecule has 0 aliphatic carbocycles. The lowest BCUT2D eigenvalue weighted by Gasteiger charge is -2.14. The van der Waals surface area contributed by atoms with E-state index < -0.39 is 12.5 Å². The van der Waals surface area contributed by atoms with E-state index >= 15 is 0 Å². The van der Waals surface area contributed by atoms with Crippen molar-refractivity contribution in [3.63, 3.8) is 0 Å². The number of nitrogens with zero attached hydrogens (tertiary/aromatic N) is 2. The zero-order chi connectivity index (χ0) is 21.5. The Bertz CT molecular complexity index is 1070. The number of nitrogens with two attached hydrogens (primary N) is 1. The van der Waals surface area contributed by atoms with Gasteiger partial charge >= 0.3 is 0 Å². The molecule has 1 heterocycles. The second-order valence-electron chi connectivity index (χ2n) is 6.18. The number of para-hydroxylation sites is 1. The molecule has 30 heavy (non-hydrogen) atoms. The molecule has 0 saturated heterocycles. The van der Waals surface area contributed by atoms with Gasteiger partial charge < -0.3 is 21.2 Å². The molecule has 0 bridgehead atoms. The molecule has 0 spiro atoms. The number of aromatic nitrogens is 2. The van der Waals surface area contributed by atoms with Crippen LogP contribution in [-0.2, 0) is 11.3 Å². The zero-order valence-electron chi connectivity index (χ0n) is 15.8. The summed E-state index contributed by atoms with van der Waals surface area (Å²) in [5.41, 5.74) is 3.86. The first-order valence-corrected chi connectivity index (χ1v) is 8.94. The summed E-state index contributed by atoms with van der Waals surface area (Å²) in [7, 11) is 0. The van der Waals surface area contributed by atoms with Crippen LogP contribution < -0.4 is 21.9 Å². The van der Waals surface area contributed by atoms with Crippen molar-refractivity contribution >= 4 is 28.9 Å². The first-order valence-electron chi connectivity index (χ1n) is 8.94. The number of halogens is 1. The van der Waals surface area contributed by atoms with Crippen LogP contribution >= 0.6 is 0 Å². The first-order chi connectivity index (χ1) is 14.5. The zero-order valence-corrected chi connectivity index (χ0v) is 15.8. The van der Waals surface area contributed by atoms with Gasteiger partial charge in [0.25, 0.3) is 5.91 Å². The minimum absolute atomic E-state index is 0.00108. The molecule has 0 unspecified atom stereocenters. The number of hydrazine groups is 1. The Kier molecular flexibility index (Phi) is 6.63. The van der Waals surface area contributed by atoms with Crippen LogP contribution in [0.15, 0.2) is 54.6 Å². The standard InChI is InChI=1S/C20H20FN7O2/c21-14-7-3-1-5-12(14)10-24-15-8-4-2-6-13(15)19(22)20-26-16(25-18(30)11-29)9-17(27-20)28-23/h1-9,22,24,29H,10-11,23H2,(H2,25,26,27,28,30). The number of amides is 1. The molecule has 0 aliphatic heterocycles. The highest BCUT2D eigenvalue weighted by molar-refractivity contribution is 6.12. The highest BCUT2D eigenvalue weighted by atomic mass is 19.1. The number of nitrogens with one attached hydrogen (secondary N) is 4. The van der Waals surface area contributed by atoms with Crippen molar-refractivity contribution in [2.45, 2.75) is 6.54 Å². The minimum Gasteiger partial charge on any atom is -0.387 e. The molecule has 154 valence electrons. The summed E-state index contributed by atoms with van der Waals surface area (Å²) in [6.45, 7) is -0.495. The normalized spacial score (nSPS) is 10.4. The van der Waals surface area contributed by atoms with Gasteiger partial charge in [-0.15, -0.1) is 0 Å². The van der Waals surface area contributed by atoms with Crippen LogP contribution in [0.3, 0.4) is 0 Å². The number of aliphatic hydroxyl groups excluding tert-OH is 1. The average Bonchev–Trinajstić information content (AvgIpc) is 2.78. The number of nitrogen functional groups attached to an aromatic ring is 1. The third-order valence-electron chi connectivity index (χ3n) is 4.13. The number of hydrogen-bond acceptors (Lipinski definition) is 8. The lowest BCUT2D eigenvalue weighted by atomic mass is 10.1. The maximum Gasteiger partial charge on any atom is 0.251 e. The van der Waals surface area contributed by atoms with Crippen LogP contribution in [0.2, 0.25) is 0 Å². The van der Waals surface area contributed by atoms with Gasteiger partial charge in [0, 0.05) is 29.4 Å². The van der Waals surface area contributed by atoms with Crippen LogP contribution in [0.25, 0.3) is 0 Å². The predicted molar refractivity (Wildman–Crippen MR) is 112 cm³/mol. The summed E-state index contributed by atoms with van der Waals surface area (Å²) in [6, 6.07) is 14.8. The van der Waals surface area contributed by atoms with E-state index in [-0.39, 0.29) is 35.5 Å². The lowest BCUT2D eigenvalue weighted by molar-refractivity contribution is -0.118. The Hall–Kier alpha value is -3.89. The number of hydrogen-bond donors (Lipinski definition) is 6. The molecule has 3 aromatic rings. The van der Waals surface area contributed by atoms with Gasteiger partial charge in [0.2, 0.25) is 0 Å². The summed E-state index contributed by atoms with van der Waals surface area (Å²) in [5.74, 6) is 4.68. The largest absolute Gasteiger partial charge is 0.387 e. The molecule has 0 aliphatic rings. The molecule has 0 fully saturated rings. The van der Waals surface area contributed by atoms with Crippen LogP contribution in [-0.4, -0.2) is 33.3 Å². The van der Waals surface area contributed by atoms with Gasteiger partial charge in [0.05, 0.1) is 0 Å². The second kappa shape index (κ2) is 9.54. The van der Waals surface area contributed by atoms with E-state index in [0.29, 0.717) is 16.8 Å². The van der Waals surface area contributed by atoms with E-state index in [4.69, 9.17) is 16.4 Å². The van der Waals surface area contributed by atoms with Gasteiger partial charge in [-0.25, -0.2) is 20.2 Å². The number of carbonyl (C=O) groups is 1. The van der Waals surface area contributed by atoms with E-state index in [0.717, 1.165) is 0 Å². The van der Waals surface area contributed by atoms with Crippen LogP contribution in [0.5, 0.6) is 0 Å². The Morgan fingerprint density at radius 3 is 2.53 bits per heavy atom. The molecule has 0 radical (unpaired) electrons. The Labute approximate surface area is 171 Å². The van der Waals surface area contributed by atoms with Gasteiger partial charge in [0.15, 0.2) is 5.82 Å². The molecule has 1 aromatic heterocycles. The third-order valence-corrected chi connectivity index (χ3v) is 4.13. The molecule has 7 N–H and O–H groups in total. The third kappa shape index (κ3) is 4.93. The van der Waals surface area contributed by atoms with Crippen molar-refractivity contribution in [1.29, 1.82) is 5.41 Å². The van der Waals surface area contributed by atoms with Gasteiger partial charge in [-0.2, -0.15) is 0 Å². The van der Waals surface area contributed by atoms with E-state index in [1.165, 1.54) is 12.1 Å². The first kappa shape index (κ1) is 20.8. The molecule has 3 rings (SSSR count). The van der Waals surface area contributed by atoms with Crippen molar-refractivity contribution in [3.05, 3.63) is 77.4 Å². The van der Waals surface area contributed by atoms with Crippen LogP contribution in [0.4, 0.5) is 21.7 Å². The van der Waals surface area contributed by atoms with E-state index in [9.17, 15) is 9.18 Å². The summed E-state index contributed by atoms with van der Waals surface area (Å²) in [5, 5.41) is 23.0. The fourth-order valence-electron chi connectivity index (χ4n) is 2.69. The van der Waals surface area contributed by atoms with Crippen LogP contribution in [0, 0.1) is 11.2 Å². The summed E-state index contributed by atoms with van der Waals surface area (Å²) in [6.07, 6.45) is 0. The van der Waals surface area contributed by atoms with Gasteiger partial charge in [-0.05, 0) is 12.1 Å².